The van der Waals surface area contributed by atoms with Crippen molar-refractivity contribution in [3.8, 4) is 5.75 Å². The van der Waals surface area contributed by atoms with E-state index < -0.39 is 0 Å². The molecule has 0 unspecified atom stereocenters. The first-order valence-electron chi connectivity index (χ1n) is 10.6. The van der Waals surface area contributed by atoms with Crippen molar-refractivity contribution in [2.45, 2.75) is 6.42 Å². The third-order valence-corrected chi connectivity index (χ3v) is 5.47. The molecule has 7 nitrogen and oxygen atoms in total. The van der Waals surface area contributed by atoms with Crippen LogP contribution in [0.1, 0.15) is 22.3 Å². The smallest absolute Gasteiger partial charge is 0.293 e. The van der Waals surface area contributed by atoms with Gasteiger partial charge in [0.05, 0.1) is 18.9 Å². The number of anilines is 1. The van der Waals surface area contributed by atoms with Crippen LogP contribution >= 0.6 is 0 Å². The van der Waals surface area contributed by atoms with Crippen LogP contribution in [0.3, 0.4) is 0 Å². The number of rotatable bonds is 6. The second-order valence-corrected chi connectivity index (χ2v) is 7.63. The fraction of sp³-hybridized carbons (Fsp3) is 0.333. The molecule has 4 rings (SSSR count). The van der Waals surface area contributed by atoms with E-state index in [1.54, 1.807) is 30.2 Å². The number of fused-ring (bicyclic) bond motifs is 1. The molecule has 2 amide bonds. The van der Waals surface area contributed by atoms with Crippen LogP contribution in [0.5, 0.6) is 5.75 Å². The predicted octanol–water partition coefficient (Wildman–Crippen LogP) is 2.54. The number of nitrogens with zero attached hydrogens (tertiary/aromatic N) is 2. The largest absolute Gasteiger partial charge is 0.449 e. The Hall–Kier alpha value is -3.16. The highest BCUT2D eigenvalue weighted by Crippen LogP contribution is 2.34. The number of ether oxygens (including phenoxy) is 2. The monoisotopic (exact) mass is 421 g/mol. The van der Waals surface area contributed by atoms with E-state index in [1.807, 2.05) is 36.4 Å². The third-order valence-electron chi connectivity index (χ3n) is 5.47. The molecule has 162 valence electrons. The van der Waals surface area contributed by atoms with Gasteiger partial charge in [-0.25, -0.2) is 0 Å². The maximum absolute atomic E-state index is 12.6. The number of para-hydroxylation sites is 2. The van der Waals surface area contributed by atoms with Gasteiger partial charge in [-0.05, 0) is 48.9 Å². The summed E-state index contributed by atoms with van der Waals surface area (Å²) >= 11 is 0. The summed E-state index contributed by atoms with van der Waals surface area (Å²) in [5, 5.41) is 2.97. The van der Waals surface area contributed by atoms with E-state index in [0.29, 0.717) is 17.9 Å². The molecule has 1 N–H and O–H groups in total. The van der Waals surface area contributed by atoms with E-state index in [1.165, 1.54) is 0 Å². The number of nitrogens with one attached hydrogen (secondary N) is 1. The molecule has 0 spiro atoms. The molecule has 0 saturated carbocycles. The lowest BCUT2D eigenvalue weighted by Gasteiger charge is -2.27. The lowest BCUT2D eigenvalue weighted by molar-refractivity contribution is -0.117. The Labute approximate surface area is 182 Å². The summed E-state index contributed by atoms with van der Waals surface area (Å²) in [5.74, 6) is 0.589. The van der Waals surface area contributed by atoms with Crippen molar-refractivity contribution in [2.75, 3.05) is 51.3 Å². The maximum atomic E-state index is 12.6. The minimum Gasteiger partial charge on any atom is -0.449 e. The first kappa shape index (κ1) is 21.1. The standard InChI is InChI=1S/C24H27N3O4/c1-26-20-5-2-3-6-21(20)31-22(24(26)29)17-18-7-9-19(10-8-18)23(28)25-11-4-12-27-13-15-30-16-14-27/h2-3,5-10,17H,4,11-16H2,1H3,(H,25,28). The zero-order chi connectivity index (χ0) is 21.6. The predicted molar refractivity (Wildman–Crippen MR) is 119 cm³/mol. The SMILES string of the molecule is CN1C(=O)C(=Cc2ccc(C(=O)NCCCN3CCOCC3)cc2)Oc2ccccc21. The molecular weight excluding hydrogens is 394 g/mol. The highest BCUT2D eigenvalue weighted by atomic mass is 16.5. The summed E-state index contributed by atoms with van der Waals surface area (Å²) in [6, 6.07) is 14.6. The number of carbonyl (C=O) groups excluding carboxylic acids is 2. The molecule has 1 fully saturated rings. The minimum atomic E-state index is -0.208. The molecule has 2 aliphatic rings. The normalized spacial score (nSPS) is 17.9. The molecule has 0 radical (unpaired) electrons. The highest BCUT2D eigenvalue weighted by Gasteiger charge is 2.27. The Morgan fingerprint density at radius 2 is 1.84 bits per heavy atom. The van der Waals surface area contributed by atoms with Crippen molar-refractivity contribution in [3.05, 3.63) is 65.4 Å². The molecule has 0 aliphatic carbocycles. The Balaban J connectivity index is 1.32. The molecule has 2 aromatic rings. The van der Waals surface area contributed by atoms with Crippen molar-refractivity contribution >= 4 is 23.6 Å². The van der Waals surface area contributed by atoms with E-state index in [9.17, 15) is 9.59 Å². The first-order chi connectivity index (χ1) is 15.1. The summed E-state index contributed by atoms with van der Waals surface area (Å²) in [5.41, 5.74) is 2.12. The lowest BCUT2D eigenvalue weighted by Crippen LogP contribution is -2.38. The van der Waals surface area contributed by atoms with E-state index in [4.69, 9.17) is 9.47 Å². The van der Waals surface area contributed by atoms with Gasteiger partial charge in [0.15, 0.2) is 11.5 Å². The van der Waals surface area contributed by atoms with Crippen molar-refractivity contribution in [1.29, 1.82) is 0 Å². The summed E-state index contributed by atoms with van der Waals surface area (Å²) in [6.45, 7) is 5.08. The Morgan fingerprint density at radius 1 is 1.10 bits per heavy atom. The van der Waals surface area contributed by atoms with Crippen LogP contribution in [-0.2, 0) is 9.53 Å². The van der Waals surface area contributed by atoms with Gasteiger partial charge in [0.25, 0.3) is 11.8 Å². The van der Waals surface area contributed by atoms with Gasteiger partial charge in [-0.2, -0.15) is 0 Å². The fourth-order valence-electron chi connectivity index (χ4n) is 3.66. The molecule has 2 aliphatic heterocycles. The number of morpholine rings is 1. The average molecular weight is 421 g/mol. The van der Waals surface area contributed by atoms with Gasteiger partial charge < -0.3 is 19.7 Å². The van der Waals surface area contributed by atoms with Gasteiger partial charge >= 0.3 is 0 Å². The Bertz CT molecular complexity index is 965. The van der Waals surface area contributed by atoms with Crippen LogP contribution in [0.25, 0.3) is 6.08 Å². The number of amides is 2. The minimum absolute atomic E-state index is 0.0974. The van der Waals surface area contributed by atoms with Gasteiger partial charge in [-0.3, -0.25) is 14.5 Å². The number of hydrogen-bond donors (Lipinski definition) is 1. The fourth-order valence-corrected chi connectivity index (χ4v) is 3.66. The van der Waals surface area contributed by atoms with Crippen LogP contribution in [-0.4, -0.2) is 63.2 Å². The van der Waals surface area contributed by atoms with E-state index in [0.717, 1.165) is 50.5 Å². The molecule has 0 bridgehead atoms. The summed E-state index contributed by atoms with van der Waals surface area (Å²) < 4.78 is 11.1. The van der Waals surface area contributed by atoms with Crippen molar-refractivity contribution in [3.63, 3.8) is 0 Å². The van der Waals surface area contributed by atoms with Gasteiger partial charge in [0.2, 0.25) is 0 Å². The number of benzene rings is 2. The molecule has 31 heavy (non-hydrogen) atoms. The first-order valence-corrected chi connectivity index (χ1v) is 10.6. The van der Waals surface area contributed by atoms with Gasteiger partial charge in [-0.15, -0.1) is 0 Å². The molecule has 0 atom stereocenters. The lowest BCUT2D eigenvalue weighted by atomic mass is 10.1. The molecule has 2 aromatic carbocycles. The van der Waals surface area contributed by atoms with Crippen LogP contribution in [0.4, 0.5) is 5.69 Å². The summed E-state index contributed by atoms with van der Waals surface area (Å²) in [6.07, 6.45) is 2.60. The van der Waals surface area contributed by atoms with Crippen molar-refractivity contribution in [1.82, 2.24) is 10.2 Å². The average Bonchev–Trinajstić information content (AvgIpc) is 2.81. The summed E-state index contributed by atoms with van der Waals surface area (Å²) in [7, 11) is 1.73. The second kappa shape index (κ2) is 9.76. The van der Waals surface area contributed by atoms with Gasteiger partial charge in [-0.1, -0.05) is 24.3 Å². The second-order valence-electron chi connectivity index (χ2n) is 7.63. The van der Waals surface area contributed by atoms with Crippen LogP contribution < -0.4 is 15.0 Å². The molecule has 0 aromatic heterocycles. The van der Waals surface area contributed by atoms with E-state index in [-0.39, 0.29) is 17.6 Å². The molecular formula is C24H27N3O4. The van der Waals surface area contributed by atoms with Gasteiger partial charge in [0, 0.05) is 32.2 Å². The number of carbonyl (C=O) groups is 2. The summed E-state index contributed by atoms with van der Waals surface area (Å²) in [4.78, 5) is 28.9. The van der Waals surface area contributed by atoms with Crippen molar-refractivity contribution in [2.24, 2.45) is 0 Å². The third kappa shape index (κ3) is 5.13. The maximum Gasteiger partial charge on any atom is 0.293 e. The highest BCUT2D eigenvalue weighted by molar-refractivity contribution is 6.09. The van der Waals surface area contributed by atoms with E-state index >= 15 is 0 Å². The van der Waals surface area contributed by atoms with Crippen molar-refractivity contribution < 1.29 is 19.1 Å². The quantitative estimate of drug-likeness (QED) is 0.573. The van der Waals surface area contributed by atoms with Crippen LogP contribution in [0, 0.1) is 0 Å². The van der Waals surface area contributed by atoms with Gasteiger partial charge in [0.1, 0.15) is 0 Å². The molecule has 2 heterocycles. The zero-order valence-corrected chi connectivity index (χ0v) is 17.7. The zero-order valence-electron chi connectivity index (χ0n) is 17.7. The molecule has 7 heteroatoms. The van der Waals surface area contributed by atoms with Crippen LogP contribution in [0.2, 0.25) is 0 Å². The number of likely N-dealkylation sites (N-methyl/N-ethyl adjacent to an activating group) is 1. The topological polar surface area (TPSA) is 71.1 Å². The molecule has 1 saturated heterocycles. The Kier molecular flexibility index (Phi) is 6.64. The van der Waals surface area contributed by atoms with Crippen LogP contribution in [0.15, 0.2) is 54.3 Å². The van der Waals surface area contributed by atoms with E-state index in [2.05, 4.69) is 10.2 Å². The Morgan fingerprint density at radius 3 is 2.61 bits per heavy atom. The number of hydrogen-bond acceptors (Lipinski definition) is 5.